The molecule has 1 heterocycles. The quantitative estimate of drug-likeness (QED) is 0.806. The topological polar surface area (TPSA) is 38.9 Å². The second-order valence-electron chi connectivity index (χ2n) is 3.93. The maximum atomic E-state index is 6.15. The molecule has 3 heteroatoms. The van der Waals surface area contributed by atoms with E-state index >= 15 is 0 Å². The van der Waals surface area contributed by atoms with E-state index in [1.54, 1.807) is 0 Å². The van der Waals surface area contributed by atoms with Gasteiger partial charge in [-0.25, -0.2) is 4.98 Å². The normalized spacial score (nSPS) is 19.0. The summed E-state index contributed by atoms with van der Waals surface area (Å²) in [6.45, 7) is 4.27. The van der Waals surface area contributed by atoms with Gasteiger partial charge in [0.2, 0.25) is 0 Å². The molecule has 0 amide bonds. The fraction of sp³-hybridized carbons (Fsp3) is 0.700. The van der Waals surface area contributed by atoms with Gasteiger partial charge >= 0.3 is 0 Å². The summed E-state index contributed by atoms with van der Waals surface area (Å²) in [6, 6.07) is 0. The van der Waals surface area contributed by atoms with Gasteiger partial charge in [-0.3, -0.25) is 0 Å². The number of aryl methyl sites for hydroxylation is 2. The maximum Gasteiger partial charge on any atom is 0.0931 e. The van der Waals surface area contributed by atoms with Crippen LogP contribution in [0.3, 0.4) is 0 Å². The predicted octanol–water partition coefficient (Wildman–Crippen LogP) is 2.35. The van der Waals surface area contributed by atoms with E-state index in [4.69, 9.17) is 5.73 Å². The molecule has 0 aromatic carbocycles. The number of aromatic nitrogens is 1. The highest BCUT2D eigenvalue weighted by molar-refractivity contribution is 7.12. The molecule has 72 valence electrons. The Morgan fingerprint density at radius 1 is 1.54 bits per heavy atom. The van der Waals surface area contributed by atoms with E-state index in [-0.39, 0.29) is 5.54 Å². The zero-order chi connectivity index (χ0) is 9.47. The van der Waals surface area contributed by atoms with Gasteiger partial charge < -0.3 is 5.73 Å². The number of hydrogen-bond acceptors (Lipinski definition) is 3. The Morgan fingerprint density at radius 2 is 2.23 bits per heavy atom. The van der Waals surface area contributed by atoms with Gasteiger partial charge in [0.15, 0.2) is 0 Å². The van der Waals surface area contributed by atoms with Gasteiger partial charge in [0.1, 0.15) is 0 Å². The maximum absolute atomic E-state index is 6.15. The molecule has 0 bridgehead atoms. The number of nitrogens with two attached hydrogens (primary N) is 1. The van der Waals surface area contributed by atoms with E-state index in [9.17, 15) is 0 Å². The average Bonchev–Trinajstić information content (AvgIpc) is 2.69. The molecule has 2 nitrogen and oxygen atoms in total. The Hall–Kier alpha value is -0.410. The highest BCUT2D eigenvalue weighted by Gasteiger charge is 2.43. The van der Waals surface area contributed by atoms with E-state index in [0.717, 1.165) is 25.0 Å². The fourth-order valence-electron chi connectivity index (χ4n) is 1.60. The van der Waals surface area contributed by atoms with Crippen molar-refractivity contribution in [2.24, 2.45) is 5.73 Å². The van der Waals surface area contributed by atoms with Crippen LogP contribution in [-0.2, 0) is 12.0 Å². The summed E-state index contributed by atoms with van der Waals surface area (Å²) in [7, 11) is 0. The fourth-order valence-corrected chi connectivity index (χ4v) is 2.92. The van der Waals surface area contributed by atoms with Crippen LogP contribution in [0.15, 0.2) is 0 Å². The summed E-state index contributed by atoms with van der Waals surface area (Å²) in [5, 5.41) is 1.26. The highest BCUT2D eigenvalue weighted by atomic mass is 32.1. The third-order valence-electron chi connectivity index (χ3n) is 2.55. The van der Waals surface area contributed by atoms with Crippen molar-refractivity contribution in [1.29, 1.82) is 0 Å². The van der Waals surface area contributed by atoms with Crippen LogP contribution in [0.2, 0.25) is 0 Å². The molecule has 1 aliphatic rings. The Kier molecular flexibility index (Phi) is 2.16. The molecule has 2 N–H and O–H groups in total. The summed E-state index contributed by atoms with van der Waals surface area (Å²) in [5.41, 5.74) is 7.32. The Labute approximate surface area is 83.2 Å². The molecule has 0 atom stereocenters. The van der Waals surface area contributed by atoms with Gasteiger partial charge in [-0.05, 0) is 32.6 Å². The van der Waals surface area contributed by atoms with Crippen molar-refractivity contribution in [3.8, 4) is 0 Å². The first-order chi connectivity index (χ1) is 6.15. The third-order valence-corrected chi connectivity index (χ3v) is 3.98. The molecular formula is C10H16N2S. The van der Waals surface area contributed by atoms with Crippen LogP contribution < -0.4 is 5.73 Å². The summed E-state index contributed by atoms with van der Waals surface area (Å²) in [4.78, 5) is 5.87. The minimum Gasteiger partial charge on any atom is -0.321 e. The van der Waals surface area contributed by atoms with Crippen molar-refractivity contribution in [3.05, 3.63) is 15.6 Å². The molecule has 1 saturated carbocycles. The number of thiazole rings is 1. The van der Waals surface area contributed by atoms with Gasteiger partial charge in [0, 0.05) is 4.88 Å². The molecule has 1 aromatic rings. The van der Waals surface area contributed by atoms with E-state index in [1.165, 1.54) is 16.3 Å². The standard InChI is InChI=1S/C10H16N2S/c1-3-4-8-12-7(2)9(13-8)10(11)5-6-10/h3-6,11H2,1-2H3. The van der Waals surface area contributed by atoms with Gasteiger partial charge in [-0.2, -0.15) is 0 Å². The van der Waals surface area contributed by atoms with Crippen molar-refractivity contribution in [1.82, 2.24) is 4.98 Å². The molecule has 0 radical (unpaired) electrons. The van der Waals surface area contributed by atoms with E-state index in [1.807, 2.05) is 11.3 Å². The Morgan fingerprint density at radius 3 is 2.77 bits per heavy atom. The first-order valence-electron chi connectivity index (χ1n) is 4.91. The van der Waals surface area contributed by atoms with Crippen LogP contribution in [0.1, 0.15) is 41.8 Å². The highest BCUT2D eigenvalue weighted by Crippen LogP contribution is 2.46. The lowest BCUT2D eigenvalue weighted by Gasteiger charge is -2.04. The summed E-state index contributed by atoms with van der Waals surface area (Å²) in [6.07, 6.45) is 4.55. The van der Waals surface area contributed by atoms with Crippen molar-refractivity contribution < 1.29 is 0 Å². The number of rotatable bonds is 3. The molecule has 0 aliphatic heterocycles. The van der Waals surface area contributed by atoms with Crippen molar-refractivity contribution in [2.75, 3.05) is 0 Å². The van der Waals surface area contributed by atoms with Crippen molar-refractivity contribution in [3.63, 3.8) is 0 Å². The van der Waals surface area contributed by atoms with Gasteiger partial charge in [0.05, 0.1) is 16.2 Å². The van der Waals surface area contributed by atoms with E-state index < -0.39 is 0 Å². The second-order valence-corrected chi connectivity index (χ2v) is 5.01. The van der Waals surface area contributed by atoms with Crippen LogP contribution in [0.4, 0.5) is 0 Å². The Bertz CT molecular complexity index is 313. The minimum absolute atomic E-state index is 0.00768. The van der Waals surface area contributed by atoms with Crippen molar-refractivity contribution >= 4 is 11.3 Å². The first kappa shape index (κ1) is 9.16. The van der Waals surface area contributed by atoms with Crippen LogP contribution in [-0.4, -0.2) is 4.98 Å². The minimum atomic E-state index is 0.00768. The summed E-state index contributed by atoms with van der Waals surface area (Å²) < 4.78 is 0. The molecular weight excluding hydrogens is 180 g/mol. The Balaban J connectivity index is 2.26. The lowest BCUT2D eigenvalue weighted by atomic mass is 10.2. The van der Waals surface area contributed by atoms with Crippen molar-refractivity contribution in [2.45, 2.75) is 45.1 Å². The SMILES string of the molecule is CCCc1nc(C)c(C2(N)CC2)s1. The molecule has 2 rings (SSSR count). The first-order valence-corrected chi connectivity index (χ1v) is 5.73. The zero-order valence-corrected chi connectivity index (χ0v) is 9.08. The van der Waals surface area contributed by atoms with Gasteiger partial charge in [-0.1, -0.05) is 6.92 Å². The molecule has 13 heavy (non-hydrogen) atoms. The van der Waals surface area contributed by atoms with Crippen LogP contribution in [0.25, 0.3) is 0 Å². The second kappa shape index (κ2) is 3.07. The van der Waals surface area contributed by atoms with E-state index in [0.29, 0.717) is 0 Å². The van der Waals surface area contributed by atoms with Crippen LogP contribution in [0, 0.1) is 6.92 Å². The third kappa shape index (κ3) is 1.63. The molecule has 0 unspecified atom stereocenters. The smallest absolute Gasteiger partial charge is 0.0931 e. The molecule has 0 saturated heterocycles. The summed E-state index contributed by atoms with van der Waals surface area (Å²) >= 11 is 1.82. The number of hydrogen-bond donors (Lipinski definition) is 1. The molecule has 1 fully saturated rings. The lowest BCUT2D eigenvalue weighted by molar-refractivity contribution is 0.748. The average molecular weight is 196 g/mol. The summed E-state index contributed by atoms with van der Waals surface area (Å²) in [5.74, 6) is 0. The predicted molar refractivity (Wildman–Crippen MR) is 55.9 cm³/mol. The van der Waals surface area contributed by atoms with Gasteiger partial charge in [-0.15, -0.1) is 11.3 Å². The molecule has 0 spiro atoms. The monoisotopic (exact) mass is 196 g/mol. The zero-order valence-electron chi connectivity index (χ0n) is 8.26. The molecule has 1 aliphatic carbocycles. The van der Waals surface area contributed by atoms with Gasteiger partial charge in [0.25, 0.3) is 0 Å². The number of nitrogens with zero attached hydrogens (tertiary/aromatic N) is 1. The van der Waals surface area contributed by atoms with Crippen LogP contribution >= 0.6 is 11.3 Å². The van der Waals surface area contributed by atoms with E-state index in [2.05, 4.69) is 18.8 Å². The lowest BCUT2D eigenvalue weighted by Crippen LogP contribution is -2.18. The molecule has 1 aromatic heterocycles. The largest absolute Gasteiger partial charge is 0.321 e. The van der Waals surface area contributed by atoms with Crippen LogP contribution in [0.5, 0.6) is 0 Å².